The van der Waals surface area contributed by atoms with Gasteiger partial charge >= 0.3 is 0 Å². The summed E-state index contributed by atoms with van der Waals surface area (Å²) in [4.78, 5) is 14.2. The van der Waals surface area contributed by atoms with Crippen molar-refractivity contribution in [2.45, 2.75) is 13.3 Å². The highest BCUT2D eigenvalue weighted by Crippen LogP contribution is 2.27. The first-order valence-corrected chi connectivity index (χ1v) is 8.35. The van der Waals surface area contributed by atoms with Gasteiger partial charge in [-0.2, -0.15) is 0 Å². The lowest BCUT2D eigenvalue weighted by Crippen LogP contribution is -2.40. The van der Waals surface area contributed by atoms with E-state index >= 15 is 0 Å². The van der Waals surface area contributed by atoms with Gasteiger partial charge in [0.2, 0.25) is 0 Å². The number of ether oxygens (including phenoxy) is 2. The third-order valence-electron chi connectivity index (χ3n) is 4.01. The minimum absolute atomic E-state index is 0.0708. The Morgan fingerprint density at radius 2 is 1.96 bits per heavy atom. The summed E-state index contributed by atoms with van der Waals surface area (Å²) in [7, 11) is 0. The normalized spacial score (nSPS) is 16.2. The van der Waals surface area contributed by atoms with E-state index in [1.54, 1.807) is 36.1 Å². The lowest BCUT2D eigenvalue weighted by Gasteiger charge is -2.26. The van der Waals surface area contributed by atoms with Crippen molar-refractivity contribution in [2.24, 2.45) is 0 Å². The Morgan fingerprint density at radius 3 is 2.64 bits per heavy atom. The van der Waals surface area contributed by atoms with Crippen molar-refractivity contribution >= 4 is 5.91 Å². The topological polar surface area (TPSA) is 38.8 Å². The molecule has 0 aliphatic carbocycles. The van der Waals surface area contributed by atoms with Crippen molar-refractivity contribution in [1.29, 1.82) is 0 Å². The van der Waals surface area contributed by atoms with Crippen molar-refractivity contribution in [3.8, 4) is 16.9 Å². The summed E-state index contributed by atoms with van der Waals surface area (Å²) in [6, 6.07) is 10.8. The Balaban J connectivity index is 1.81. The van der Waals surface area contributed by atoms with Crippen molar-refractivity contribution < 1.29 is 21.4 Å². The van der Waals surface area contributed by atoms with Crippen LogP contribution in [0.25, 0.3) is 11.1 Å². The molecule has 0 unspecified atom stereocenters. The zero-order valence-corrected chi connectivity index (χ0v) is 14.1. The van der Waals surface area contributed by atoms with E-state index in [-0.39, 0.29) is 18.1 Å². The van der Waals surface area contributed by atoms with Crippen LogP contribution in [-0.2, 0) is 4.74 Å². The summed E-state index contributed by atoms with van der Waals surface area (Å²) < 4.78 is 40.3. The molecule has 2 aromatic rings. The Morgan fingerprint density at radius 1 is 1.24 bits per heavy atom. The fourth-order valence-electron chi connectivity index (χ4n) is 2.69. The van der Waals surface area contributed by atoms with E-state index in [0.29, 0.717) is 43.0 Å². The van der Waals surface area contributed by atoms with E-state index in [0.717, 1.165) is 0 Å². The van der Waals surface area contributed by atoms with Crippen molar-refractivity contribution in [1.82, 2.24) is 4.90 Å². The second kappa shape index (κ2) is 8.12. The second-order valence-electron chi connectivity index (χ2n) is 5.72. The van der Waals surface area contributed by atoms with Gasteiger partial charge in [0.15, 0.2) is 0 Å². The van der Waals surface area contributed by atoms with Crippen LogP contribution < -0.4 is 4.74 Å². The molecule has 1 aliphatic heterocycles. The molecule has 3 rings (SSSR count). The molecule has 0 aromatic heterocycles. The maximum Gasteiger partial charge on any atom is 0.254 e. The quantitative estimate of drug-likeness (QED) is 0.828. The molecule has 0 N–H and O–H groups in total. The number of benzene rings is 2. The van der Waals surface area contributed by atoms with Gasteiger partial charge in [0, 0.05) is 24.2 Å². The van der Waals surface area contributed by atoms with Crippen LogP contribution in [0.3, 0.4) is 0 Å². The molecule has 0 bridgehead atoms. The number of amides is 1. The molecule has 2 aromatic carbocycles. The molecule has 5 heteroatoms. The van der Waals surface area contributed by atoms with Crippen LogP contribution in [0.1, 0.15) is 26.4 Å². The standard InChI is InChI=1S/C20H22FNO3/c1-2-11-25-17-7-8-19(21)18(14-17)15-3-5-16(6-4-15)20(23)22-9-12-24-13-10-22/h3-8,14H,2,9-13H2,1H3/i11D2. The molecular formula is C20H22FNO3. The number of nitrogens with zero attached hydrogens (tertiary/aromatic N) is 1. The number of rotatable bonds is 5. The number of morpholine rings is 1. The van der Waals surface area contributed by atoms with Crippen LogP contribution in [0.15, 0.2) is 42.5 Å². The highest BCUT2D eigenvalue weighted by molar-refractivity contribution is 5.94. The lowest BCUT2D eigenvalue weighted by molar-refractivity contribution is 0.0303. The molecule has 1 fully saturated rings. The first-order valence-electron chi connectivity index (χ1n) is 9.35. The number of carbonyl (C=O) groups excluding carboxylic acids is 1. The van der Waals surface area contributed by atoms with Gasteiger partial charge in [-0.15, -0.1) is 0 Å². The van der Waals surface area contributed by atoms with Gasteiger partial charge < -0.3 is 14.4 Å². The Hall–Kier alpha value is -2.40. The molecule has 1 aliphatic rings. The zero-order valence-electron chi connectivity index (χ0n) is 16.1. The number of hydrogen-bond acceptors (Lipinski definition) is 3. The van der Waals surface area contributed by atoms with Crippen molar-refractivity contribution in [3.63, 3.8) is 0 Å². The van der Waals surface area contributed by atoms with Gasteiger partial charge in [-0.05, 0) is 42.3 Å². The summed E-state index contributed by atoms with van der Waals surface area (Å²) in [5.74, 6) is -0.253. The minimum atomic E-state index is -1.82. The second-order valence-corrected chi connectivity index (χ2v) is 5.72. The molecule has 0 atom stereocenters. The summed E-state index contributed by atoms with van der Waals surface area (Å²) in [5.41, 5.74) is 1.43. The average Bonchev–Trinajstić information content (AvgIpc) is 2.69. The smallest absolute Gasteiger partial charge is 0.254 e. The summed E-state index contributed by atoms with van der Waals surface area (Å²) in [5, 5.41) is 0. The van der Waals surface area contributed by atoms with Crippen LogP contribution >= 0.6 is 0 Å². The fraction of sp³-hybridized carbons (Fsp3) is 0.350. The Kier molecular flexibility index (Phi) is 4.84. The van der Waals surface area contributed by atoms with Crippen LogP contribution in [0.2, 0.25) is 0 Å². The SMILES string of the molecule is [2H]C([2H])(CC)Oc1ccc(F)c(-c2ccc(C(=O)N3CCOCC3)cc2)c1. The van der Waals surface area contributed by atoms with Crippen molar-refractivity contribution in [3.05, 3.63) is 53.8 Å². The van der Waals surface area contributed by atoms with E-state index in [1.807, 2.05) is 0 Å². The largest absolute Gasteiger partial charge is 0.494 e. The highest BCUT2D eigenvalue weighted by Gasteiger charge is 2.18. The predicted octanol–water partition coefficient (Wildman–Crippen LogP) is 3.75. The van der Waals surface area contributed by atoms with Gasteiger partial charge in [-0.25, -0.2) is 4.39 Å². The van der Waals surface area contributed by atoms with Crippen molar-refractivity contribution in [2.75, 3.05) is 32.9 Å². The van der Waals surface area contributed by atoms with Crippen LogP contribution in [0.4, 0.5) is 4.39 Å². The first kappa shape index (κ1) is 14.9. The number of carbonyl (C=O) groups is 1. The lowest BCUT2D eigenvalue weighted by atomic mass is 10.0. The fourth-order valence-corrected chi connectivity index (χ4v) is 2.69. The summed E-state index contributed by atoms with van der Waals surface area (Å²) >= 11 is 0. The first-order chi connectivity index (χ1) is 12.9. The van der Waals surface area contributed by atoms with E-state index in [9.17, 15) is 9.18 Å². The maximum absolute atomic E-state index is 14.3. The third-order valence-corrected chi connectivity index (χ3v) is 4.01. The number of halogens is 1. The molecule has 0 saturated carbocycles. The highest BCUT2D eigenvalue weighted by atomic mass is 19.1. The van der Waals surface area contributed by atoms with Gasteiger partial charge in [0.25, 0.3) is 5.91 Å². The van der Waals surface area contributed by atoms with E-state index < -0.39 is 12.4 Å². The molecule has 4 nitrogen and oxygen atoms in total. The zero-order chi connectivity index (χ0) is 19.4. The monoisotopic (exact) mass is 345 g/mol. The average molecular weight is 345 g/mol. The predicted molar refractivity (Wildman–Crippen MR) is 94.3 cm³/mol. The molecule has 1 heterocycles. The Bertz CT molecular complexity index is 805. The molecule has 1 amide bonds. The van der Waals surface area contributed by atoms with E-state index in [1.165, 1.54) is 18.2 Å². The van der Waals surface area contributed by atoms with Gasteiger partial charge in [-0.1, -0.05) is 19.1 Å². The van der Waals surface area contributed by atoms with Gasteiger partial charge in [0.05, 0.1) is 22.5 Å². The van der Waals surface area contributed by atoms with Gasteiger partial charge in [-0.3, -0.25) is 4.79 Å². The summed E-state index contributed by atoms with van der Waals surface area (Å²) in [6.07, 6.45) is 0.179. The molecule has 0 spiro atoms. The molecule has 1 saturated heterocycles. The molecule has 0 radical (unpaired) electrons. The molecule has 25 heavy (non-hydrogen) atoms. The minimum Gasteiger partial charge on any atom is -0.494 e. The van der Waals surface area contributed by atoms with E-state index in [2.05, 4.69) is 0 Å². The van der Waals surface area contributed by atoms with E-state index in [4.69, 9.17) is 12.2 Å². The molecule has 132 valence electrons. The molecular weight excluding hydrogens is 321 g/mol. The van der Waals surface area contributed by atoms with Crippen LogP contribution in [0.5, 0.6) is 5.75 Å². The number of hydrogen-bond donors (Lipinski definition) is 0. The Labute approximate surface area is 150 Å². The third kappa shape index (κ3) is 4.17. The van der Waals surface area contributed by atoms with Gasteiger partial charge in [0.1, 0.15) is 11.6 Å². The van der Waals surface area contributed by atoms with Crippen LogP contribution in [-0.4, -0.2) is 43.7 Å². The maximum atomic E-state index is 14.3. The van der Waals surface area contributed by atoms with Crippen LogP contribution in [0, 0.1) is 5.82 Å². The summed E-state index contributed by atoms with van der Waals surface area (Å²) in [6.45, 7) is 2.06.